The molecule has 0 unspecified atom stereocenters. The first-order valence-corrected chi connectivity index (χ1v) is 7.81. The average molecular weight is 318 g/mol. The van der Waals surface area contributed by atoms with E-state index < -0.39 is 0 Å². The SMILES string of the molecule is O=C(CCCOc1ccccc1)NCCc1cccc(Cl)c1. The van der Waals surface area contributed by atoms with Crippen molar-refractivity contribution in [2.45, 2.75) is 19.3 Å². The zero-order valence-electron chi connectivity index (χ0n) is 12.4. The van der Waals surface area contributed by atoms with Crippen LogP contribution in [-0.4, -0.2) is 19.1 Å². The molecule has 4 heteroatoms. The third kappa shape index (κ3) is 6.19. The number of carbonyl (C=O) groups excluding carboxylic acids is 1. The van der Waals surface area contributed by atoms with Gasteiger partial charge in [-0.25, -0.2) is 0 Å². The summed E-state index contributed by atoms with van der Waals surface area (Å²) in [5.74, 6) is 0.891. The van der Waals surface area contributed by atoms with Gasteiger partial charge in [-0.05, 0) is 42.7 Å². The maximum absolute atomic E-state index is 11.7. The van der Waals surface area contributed by atoms with Crippen molar-refractivity contribution in [3.63, 3.8) is 0 Å². The second-order valence-corrected chi connectivity index (χ2v) is 5.43. The van der Waals surface area contributed by atoms with Crippen LogP contribution in [0.4, 0.5) is 0 Å². The quantitative estimate of drug-likeness (QED) is 0.751. The summed E-state index contributed by atoms with van der Waals surface area (Å²) >= 11 is 5.92. The molecule has 0 saturated carbocycles. The van der Waals surface area contributed by atoms with Crippen molar-refractivity contribution in [3.05, 3.63) is 65.2 Å². The maximum Gasteiger partial charge on any atom is 0.220 e. The average Bonchev–Trinajstić information content (AvgIpc) is 2.53. The van der Waals surface area contributed by atoms with Crippen LogP contribution in [0, 0.1) is 0 Å². The van der Waals surface area contributed by atoms with Crippen LogP contribution in [0.1, 0.15) is 18.4 Å². The molecule has 0 atom stereocenters. The molecular weight excluding hydrogens is 298 g/mol. The number of para-hydroxylation sites is 1. The second kappa shape index (κ2) is 9.11. The number of amides is 1. The predicted octanol–water partition coefficient (Wildman–Crippen LogP) is 3.86. The summed E-state index contributed by atoms with van der Waals surface area (Å²) in [6, 6.07) is 17.3. The lowest BCUT2D eigenvalue weighted by molar-refractivity contribution is -0.121. The highest BCUT2D eigenvalue weighted by molar-refractivity contribution is 6.30. The summed E-state index contributed by atoms with van der Waals surface area (Å²) in [7, 11) is 0. The summed E-state index contributed by atoms with van der Waals surface area (Å²) in [6.45, 7) is 1.17. The van der Waals surface area contributed by atoms with Crippen LogP contribution in [0.2, 0.25) is 5.02 Å². The van der Waals surface area contributed by atoms with E-state index in [9.17, 15) is 4.79 Å². The number of carbonyl (C=O) groups is 1. The van der Waals surface area contributed by atoms with Gasteiger partial charge in [0.25, 0.3) is 0 Å². The topological polar surface area (TPSA) is 38.3 Å². The van der Waals surface area contributed by atoms with Crippen molar-refractivity contribution in [2.24, 2.45) is 0 Å². The van der Waals surface area contributed by atoms with Crippen molar-refractivity contribution in [3.8, 4) is 5.75 Å². The summed E-state index contributed by atoms with van der Waals surface area (Å²) in [6.07, 6.45) is 1.97. The Labute approximate surface area is 136 Å². The number of hydrogen-bond acceptors (Lipinski definition) is 2. The molecule has 0 saturated heterocycles. The van der Waals surface area contributed by atoms with Crippen molar-refractivity contribution >= 4 is 17.5 Å². The highest BCUT2D eigenvalue weighted by Crippen LogP contribution is 2.11. The predicted molar refractivity (Wildman–Crippen MR) is 89.3 cm³/mol. The molecule has 0 aliphatic rings. The van der Waals surface area contributed by atoms with Gasteiger partial charge in [-0.1, -0.05) is 41.9 Å². The summed E-state index contributed by atoms with van der Waals surface area (Å²) in [5, 5.41) is 3.64. The molecule has 0 aliphatic heterocycles. The number of hydrogen-bond donors (Lipinski definition) is 1. The molecular formula is C18H20ClNO2. The zero-order chi connectivity index (χ0) is 15.6. The molecule has 116 valence electrons. The van der Waals surface area contributed by atoms with E-state index in [0.717, 1.165) is 22.8 Å². The number of benzene rings is 2. The van der Waals surface area contributed by atoms with E-state index in [2.05, 4.69) is 5.32 Å². The third-order valence-corrected chi connectivity index (χ3v) is 3.42. The molecule has 0 spiro atoms. The van der Waals surface area contributed by atoms with Crippen LogP contribution < -0.4 is 10.1 Å². The molecule has 0 heterocycles. The Bertz CT molecular complexity index is 587. The second-order valence-electron chi connectivity index (χ2n) is 4.99. The fourth-order valence-electron chi connectivity index (χ4n) is 2.07. The van der Waals surface area contributed by atoms with Gasteiger partial charge in [0.2, 0.25) is 5.91 Å². The number of halogens is 1. The molecule has 0 radical (unpaired) electrons. The van der Waals surface area contributed by atoms with Crippen LogP contribution in [0.3, 0.4) is 0 Å². The van der Waals surface area contributed by atoms with Crippen LogP contribution in [0.15, 0.2) is 54.6 Å². The first-order chi connectivity index (χ1) is 10.7. The lowest BCUT2D eigenvalue weighted by Crippen LogP contribution is -2.25. The van der Waals surface area contributed by atoms with Gasteiger partial charge in [-0.15, -0.1) is 0 Å². The molecule has 0 aliphatic carbocycles. The Morgan fingerprint density at radius 1 is 1.09 bits per heavy atom. The van der Waals surface area contributed by atoms with E-state index in [1.165, 1.54) is 0 Å². The lowest BCUT2D eigenvalue weighted by atomic mass is 10.1. The molecule has 2 aromatic carbocycles. The summed E-state index contributed by atoms with van der Waals surface area (Å²) < 4.78 is 5.55. The van der Waals surface area contributed by atoms with E-state index in [1.807, 2.05) is 54.6 Å². The van der Waals surface area contributed by atoms with Gasteiger partial charge in [-0.3, -0.25) is 4.79 Å². The van der Waals surface area contributed by atoms with Gasteiger partial charge in [-0.2, -0.15) is 0 Å². The smallest absolute Gasteiger partial charge is 0.220 e. The fraction of sp³-hybridized carbons (Fsp3) is 0.278. The van der Waals surface area contributed by atoms with Crippen molar-refractivity contribution in [2.75, 3.05) is 13.2 Å². The Balaban J connectivity index is 1.56. The third-order valence-electron chi connectivity index (χ3n) is 3.18. The minimum Gasteiger partial charge on any atom is -0.494 e. The Morgan fingerprint density at radius 3 is 2.68 bits per heavy atom. The molecule has 0 fully saturated rings. The highest BCUT2D eigenvalue weighted by Gasteiger charge is 2.02. The molecule has 0 bridgehead atoms. The number of rotatable bonds is 8. The molecule has 0 aromatic heterocycles. The van der Waals surface area contributed by atoms with Gasteiger partial charge in [0.05, 0.1) is 6.61 Å². The highest BCUT2D eigenvalue weighted by atomic mass is 35.5. The first-order valence-electron chi connectivity index (χ1n) is 7.43. The summed E-state index contributed by atoms with van der Waals surface area (Å²) in [5.41, 5.74) is 1.13. The van der Waals surface area contributed by atoms with Gasteiger partial charge >= 0.3 is 0 Å². The largest absolute Gasteiger partial charge is 0.494 e. The molecule has 2 aromatic rings. The number of nitrogens with one attached hydrogen (secondary N) is 1. The minimum atomic E-state index is 0.0543. The molecule has 2 rings (SSSR count). The van der Waals surface area contributed by atoms with Crippen LogP contribution in [0.5, 0.6) is 5.75 Å². The van der Waals surface area contributed by atoms with Crippen LogP contribution >= 0.6 is 11.6 Å². The van der Waals surface area contributed by atoms with E-state index >= 15 is 0 Å². The lowest BCUT2D eigenvalue weighted by Gasteiger charge is -2.07. The Hall–Kier alpha value is -2.00. The van der Waals surface area contributed by atoms with Crippen molar-refractivity contribution in [1.82, 2.24) is 5.32 Å². The fourth-order valence-corrected chi connectivity index (χ4v) is 2.28. The van der Waals surface area contributed by atoms with E-state index in [1.54, 1.807) is 0 Å². The monoisotopic (exact) mass is 317 g/mol. The zero-order valence-corrected chi connectivity index (χ0v) is 13.2. The molecule has 1 N–H and O–H groups in total. The molecule has 3 nitrogen and oxygen atoms in total. The first kappa shape index (κ1) is 16.4. The van der Waals surface area contributed by atoms with Gasteiger partial charge in [0.15, 0.2) is 0 Å². The van der Waals surface area contributed by atoms with E-state index in [-0.39, 0.29) is 5.91 Å². The van der Waals surface area contributed by atoms with Gasteiger partial charge in [0, 0.05) is 18.0 Å². The van der Waals surface area contributed by atoms with Crippen LogP contribution in [0.25, 0.3) is 0 Å². The Kier molecular flexibility index (Phi) is 6.78. The molecule has 22 heavy (non-hydrogen) atoms. The summed E-state index contributed by atoms with van der Waals surface area (Å²) in [4.78, 5) is 11.7. The minimum absolute atomic E-state index is 0.0543. The molecule has 1 amide bonds. The van der Waals surface area contributed by atoms with Gasteiger partial charge in [0.1, 0.15) is 5.75 Å². The van der Waals surface area contributed by atoms with Crippen LogP contribution in [-0.2, 0) is 11.2 Å². The van der Waals surface area contributed by atoms with E-state index in [4.69, 9.17) is 16.3 Å². The standard InChI is InChI=1S/C18H20ClNO2/c19-16-7-4-6-15(14-16)11-12-20-18(21)10-5-13-22-17-8-2-1-3-9-17/h1-4,6-9,14H,5,10-13H2,(H,20,21). The number of ether oxygens (including phenoxy) is 1. The van der Waals surface area contributed by atoms with Crippen molar-refractivity contribution in [1.29, 1.82) is 0 Å². The maximum atomic E-state index is 11.7. The van der Waals surface area contributed by atoms with Gasteiger partial charge < -0.3 is 10.1 Å². The van der Waals surface area contributed by atoms with Crippen molar-refractivity contribution < 1.29 is 9.53 Å². The van der Waals surface area contributed by atoms with E-state index in [0.29, 0.717) is 26.0 Å². The normalized spacial score (nSPS) is 10.2. The Morgan fingerprint density at radius 2 is 1.91 bits per heavy atom.